The van der Waals surface area contributed by atoms with Crippen molar-refractivity contribution in [3.8, 4) is 0 Å². The van der Waals surface area contributed by atoms with Gasteiger partial charge in [-0.1, -0.05) is 19.3 Å². The Balaban J connectivity index is 1.56. The molecule has 2 heterocycles. The van der Waals surface area contributed by atoms with Gasteiger partial charge in [-0.15, -0.1) is 0 Å². The Hall–Kier alpha value is -1.13. The van der Waals surface area contributed by atoms with Gasteiger partial charge in [0.05, 0.1) is 17.8 Å². The third-order valence-electron chi connectivity index (χ3n) is 4.11. The molecular weight excluding hydrogens is 268 g/mol. The average Bonchev–Trinajstić information content (AvgIpc) is 3.11. The minimum atomic E-state index is -0.334. The van der Waals surface area contributed by atoms with Crippen LogP contribution in [0.2, 0.25) is 0 Å². The van der Waals surface area contributed by atoms with Crippen LogP contribution in [0.4, 0.5) is 0 Å². The number of aliphatic hydroxyl groups excluding tert-OH is 1. The van der Waals surface area contributed by atoms with Crippen LogP contribution in [0.15, 0.2) is 29.1 Å². The summed E-state index contributed by atoms with van der Waals surface area (Å²) < 4.78 is 2.12. The Morgan fingerprint density at radius 3 is 2.85 bits per heavy atom. The fraction of sp³-hybridized carbons (Fsp3) is 0.562. The van der Waals surface area contributed by atoms with Gasteiger partial charge in [0.2, 0.25) is 0 Å². The van der Waals surface area contributed by atoms with E-state index in [2.05, 4.69) is 38.9 Å². The van der Waals surface area contributed by atoms with E-state index < -0.39 is 0 Å². The van der Waals surface area contributed by atoms with Crippen molar-refractivity contribution in [1.82, 2.24) is 9.78 Å². The van der Waals surface area contributed by atoms with Gasteiger partial charge in [-0.25, -0.2) is 0 Å². The van der Waals surface area contributed by atoms with Crippen LogP contribution in [0.1, 0.15) is 49.4 Å². The number of aromatic nitrogens is 2. The first kappa shape index (κ1) is 13.8. The van der Waals surface area contributed by atoms with Gasteiger partial charge in [0.1, 0.15) is 0 Å². The van der Waals surface area contributed by atoms with Gasteiger partial charge in [-0.05, 0) is 47.7 Å². The molecule has 0 aliphatic heterocycles. The highest BCUT2D eigenvalue weighted by molar-refractivity contribution is 7.07. The first-order valence-electron chi connectivity index (χ1n) is 7.54. The molecule has 1 fully saturated rings. The highest BCUT2D eigenvalue weighted by Gasteiger charge is 2.17. The summed E-state index contributed by atoms with van der Waals surface area (Å²) in [5, 5.41) is 19.0. The molecule has 1 unspecified atom stereocenters. The average molecular weight is 290 g/mol. The molecule has 20 heavy (non-hydrogen) atoms. The Labute approximate surface area is 124 Å². The molecule has 1 saturated carbocycles. The van der Waals surface area contributed by atoms with Crippen molar-refractivity contribution in [2.45, 2.75) is 57.1 Å². The van der Waals surface area contributed by atoms with Gasteiger partial charge in [0.25, 0.3) is 0 Å². The fourth-order valence-corrected chi connectivity index (χ4v) is 3.71. The number of aliphatic hydroxyl groups is 1. The lowest BCUT2D eigenvalue weighted by atomic mass is 9.96. The molecule has 2 aromatic heterocycles. The van der Waals surface area contributed by atoms with E-state index in [-0.39, 0.29) is 6.10 Å². The summed E-state index contributed by atoms with van der Waals surface area (Å²) in [6, 6.07) is 4.71. The predicted molar refractivity (Wildman–Crippen MR) is 82.1 cm³/mol. The van der Waals surface area contributed by atoms with E-state index in [0.717, 1.165) is 12.1 Å². The van der Waals surface area contributed by atoms with Crippen LogP contribution in [-0.2, 0) is 12.8 Å². The SMILES string of the molecule is OC(Cc1ccsc1)Cc1ccn(C2CCCCC2)n1. The molecular formula is C16H22N2OS. The third kappa shape index (κ3) is 3.49. The molecule has 1 aliphatic rings. The second-order valence-electron chi connectivity index (χ2n) is 5.77. The lowest BCUT2D eigenvalue weighted by molar-refractivity contribution is 0.173. The molecule has 2 aromatic rings. The molecule has 0 spiro atoms. The van der Waals surface area contributed by atoms with Crippen LogP contribution in [0.5, 0.6) is 0 Å². The summed E-state index contributed by atoms with van der Waals surface area (Å²) in [6.45, 7) is 0. The first-order valence-corrected chi connectivity index (χ1v) is 8.49. The summed E-state index contributed by atoms with van der Waals surface area (Å²) in [5.74, 6) is 0. The molecule has 3 rings (SSSR count). The topological polar surface area (TPSA) is 38.0 Å². The molecule has 0 amide bonds. The van der Waals surface area contributed by atoms with Crippen LogP contribution in [-0.4, -0.2) is 21.0 Å². The fourth-order valence-electron chi connectivity index (χ4n) is 3.03. The smallest absolute Gasteiger partial charge is 0.0650 e. The zero-order valence-electron chi connectivity index (χ0n) is 11.7. The van der Waals surface area contributed by atoms with Crippen molar-refractivity contribution in [3.05, 3.63) is 40.3 Å². The van der Waals surface area contributed by atoms with Crippen LogP contribution >= 0.6 is 11.3 Å². The van der Waals surface area contributed by atoms with Gasteiger partial charge in [-0.2, -0.15) is 16.4 Å². The second-order valence-corrected chi connectivity index (χ2v) is 6.55. The van der Waals surface area contributed by atoms with Crippen molar-refractivity contribution in [2.75, 3.05) is 0 Å². The number of hydrogen-bond acceptors (Lipinski definition) is 3. The van der Waals surface area contributed by atoms with E-state index in [0.29, 0.717) is 12.5 Å². The normalized spacial score (nSPS) is 18.2. The van der Waals surface area contributed by atoms with Gasteiger partial charge in [0.15, 0.2) is 0 Å². The summed E-state index contributed by atoms with van der Waals surface area (Å²) in [4.78, 5) is 0. The standard InChI is InChI=1S/C16H22N2OS/c19-16(10-13-7-9-20-12-13)11-14-6-8-18(17-14)15-4-2-1-3-5-15/h6-9,12,15-16,19H,1-5,10-11H2. The molecule has 0 radical (unpaired) electrons. The number of rotatable bonds is 5. The number of thiophene rings is 1. The van der Waals surface area contributed by atoms with E-state index in [4.69, 9.17) is 0 Å². The molecule has 0 aromatic carbocycles. The summed E-state index contributed by atoms with van der Waals surface area (Å²) in [7, 11) is 0. The monoisotopic (exact) mass is 290 g/mol. The van der Waals surface area contributed by atoms with Crippen molar-refractivity contribution >= 4 is 11.3 Å². The van der Waals surface area contributed by atoms with Gasteiger partial charge >= 0.3 is 0 Å². The highest BCUT2D eigenvalue weighted by atomic mass is 32.1. The van der Waals surface area contributed by atoms with Crippen molar-refractivity contribution < 1.29 is 5.11 Å². The zero-order chi connectivity index (χ0) is 13.8. The van der Waals surface area contributed by atoms with E-state index in [1.54, 1.807) is 11.3 Å². The Morgan fingerprint density at radius 1 is 1.25 bits per heavy atom. The molecule has 3 nitrogen and oxygen atoms in total. The van der Waals surface area contributed by atoms with Crippen molar-refractivity contribution in [3.63, 3.8) is 0 Å². The van der Waals surface area contributed by atoms with Crippen LogP contribution in [0, 0.1) is 0 Å². The first-order chi connectivity index (χ1) is 9.81. The summed E-state index contributed by atoms with van der Waals surface area (Å²) in [5.41, 5.74) is 2.23. The second kappa shape index (κ2) is 6.55. The Kier molecular flexibility index (Phi) is 4.53. The maximum Gasteiger partial charge on any atom is 0.0650 e. The van der Waals surface area contributed by atoms with E-state index in [1.165, 1.54) is 37.7 Å². The van der Waals surface area contributed by atoms with Gasteiger partial charge in [-0.3, -0.25) is 4.68 Å². The molecule has 1 N–H and O–H groups in total. The minimum Gasteiger partial charge on any atom is -0.392 e. The largest absolute Gasteiger partial charge is 0.392 e. The molecule has 1 atom stereocenters. The third-order valence-corrected chi connectivity index (χ3v) is 4.84. The van der Waals surface area contributed by atoms with E-state index in [1.807, 2.05) is 0 Å². The predicted octanol–water partition coefficient (Wildman–Crippen LogP) is 3.60. The van der Waals surface area contributed by atoms with Crippen molar-refractivity contribution in [2.24, 2.45) is 0 Å². The molecule has 0 saturated heterocycles. The number of nitrogens with zero attached hydrogens (tertiary/aromatic N) is 2. The van der Waals surface area contributed by atoms with Crippen LogP contribution < -0.4 is 0 Å². The van der Waals surface area contributed by atoms with E-state index in [9.17, 15) is 5.11 Å². The Morgan fingerprint density at radius 2 is 2.10 bits per heavy atom. The zero-order valence-corrected chi connectivity index (χ0v) is 12.6. The van der Waals surface area contributed by atoms with Crippen LogP contribution in [0.3, 0.4) is 0 Å². The van der Waals surface area contributed by atoms with Gasteiger partial charge < -0.3 is 5.11 Å². The maximum atomic E-state index is 10.1. The molecule has 0 bridgehead atoms. The maximum absolute atomic E-state index is 10.1. The molecule has 1 aliphatic carbocycles. The summed E-state index contributed by atoms with van der Waals surface area (Å²) >= 11 is 1.68. The lowest BCUT2D eigenvalue weighted by Gasteiger charge is -2.21. The highest BCUT2D eigenvalue weighted by Crippen LogP contribution is 2.27. The van der Waals surface area contributed by atoms with Crippen molar-refractivity contribution in [1.29, 1.82) is 0 Å². The molecule has 4 heteroatoms. The lowest BCUT2D eigenvalue weighted by Crippen LogP contribution is -2.16. The minimum absolute atomic E-state index is 0.334. The number of hydrogen-bond donors (Lipinski definition) is 1. The van der Waals surface area contributed by atoms with Gasteiger partial charge in [0, 0.05) is 12.6 Å². The Bertz CT molecular complexity index is 514. The van der Waals surface area contributed by atoms with Crippen LogP contribution in [0.25, 0.3) is 0 Å². The molecule has 108 valence electrons. The quantitative estimate of drug-likeness (QED) is 0.913. The van der Waals surface area contributed by atoms with E-state index >= 15 is 0 Å². The summed E-state index contributed by atoms with van der Waals surface area (Å²) in [6.07, 6.45) is 9.62.